The van der Waals surface area contributed by atoms with Crippen LogP contribution in [0.2, 0.25) is 0 Å². The molecule has 4 rings (SSSR count). The number of cyclic esters (lactones) is 1. The van der Waals surface area contributed by atoms with Gasteiger partial charge in [0.1, 0.15) is 23.9 Å². The van der Waals surface area contributed by atoms with E-state index in [2.05, 4.69) is 10.3 Å². The van der Waals surface area contributed by atoms with E-state index in [9.17, 15) is 25.2 Å². The van der Waals surface area contributed by atoms with Crippen LogP contribution in [-0.2, 0) is 39.6 Å². The minimum Gasteiger partial charge on any atom is -0.459 e. The molecule has 18 atom stereocenters. The van der Waals surface area contributed by atoms with Crippen molar-refractivity contribution in [3.05, 3.63) is 11.9 Å². The molecule has 0 aromatic carbocycles. The molecule has 0 spiro atoms. The Hall–Kier alpha value is -1.81. The predicted octanol–water partition coefficient (Wildman–Crippen LogP) is 1.00. The van der Waals surface area contributed by atoms with Crippen LogP contribution in [0.5, 0.6) is 0 Å². The standard InChI is InChI=1S/C41H75BN6O11/c1-14-30-41(10,53)35(50)26(6)47(12)20-22(2)18-39(8,52)36(59-38-32(49)29(17-23(3)55-38)46(11)16-15-28-21-48(42)45-44-28)24(4)33(25(5)37(51)57-30)58-31-19-40(9,54-13)34(43)27(7)56-31/h21-27,29-36,38,49-50,52-53H,14-20,43H2,1-13H3/t22-,23?,24+,25-,26+,27-,29+,30-,31+,32-,33+,34+,35?,36-,38-,39-,40-,41-/m1/s1. The molecule has 338 valence electrons. The van der Waals surface area contributed by atoms with Crippen LogP contribution in [-0.4, -0.2) is 184 Å². The number of nitrogens with zero attached hydrogens (tertiary/aromatic N) is 5. The first-order chi connectivity index (χ1) is 27.4. The molecule has 3 fully saturated rings. The fourth-order valence-corrected chi connectivity index (χ4v) is 9.59. The van der Waals surface area contributed by atoms with E-state index in [1.54, 1.807) is 41.0 Å². The van der Waals surface area contributed by atoms with Gasteiger partial charge in [-0.3, -0.25) is 4.79 Å². The molecule has 4 heterocycles. The largest absolute Gasteiger partial charge is 0.459 e. The summed E-state index contributed by atoms with van der Waals surface area (Å²) in [6.07, 6.45) is -5.07. The van der Waals surface area contributed by atoms with E-state index in [-0.39, 0.29) is 37.3 Å². The summed E-state index contributed by atoms with van der Waals surface area (Å²) in [6.45, 7) is 18.9. The summed E-state index contributed by atoms with van der Waals surface area (Å²) in [5.41, 5.74) is 3.02. The Morgan fingerprint density at radius 2 is 1.73 bits per heavy atom. The Kier molecular flexibility index (Phi) is 17.0. The van der Waals surface area contributed by atoms with Crippen molar-refractivity contribution >= 4 is 14.0 Å². The molecule has 1 aromatic heterocycles. The third-order valence-electron chi connectivity index (χ3n) is 13.5. The van der Waals surface area contributed by atoms with Crippen molar-refractivity contribution in [3.63, 3.8) is 0 Å². The zero-order valence-electron chi connectivity index (χ0n) is 37.7. The number of ether oxygens (including phenoxy) is 6. The average Bonchev–Trinajstić information content (AvgIpc) is 3.59. The van der Waals surface area contributed by atoms with Gasteiger partial charge in [0.25, 0.3) is 7.98 Å². The highest BCUT2D eigenvalue weighted by atomic mass is 16.7. The summed E-state index contributed by atoms with van der Waals surface area (Å²) >= 11 is 0. The molecule has 3 aliphatic rings. The van der Waals surface area contributed by atoms with E-state index in [1.807, 2.05) is 58.5 Å². The normalized spacial score (nSPS) is 45.1. The fraction of sp³-hybridized carbons (Fsp3) is 0.927. The number of aromatic nitrogens is 3. The van der Waals surface area contributed by atoms with E-state index in [1.165, 1.54) is 6.92 Å². The third-order valence-corrected chi connectivity index (χ3v) is 13.5. The van der Waals surface area contributed by atoms with Crippen LogP contribution in [0.25, 0.3) is 0 Å². The predicted molar refractivity (Wildman–Crippen MR) is 220 cm³/mol. The van der Waals surface area contributed by atoms with Gasteiger partial charge in [0.15, 0.2) is 12.6 Å². The summed E-state index contributed by atoms with van der Waals surface area (Å²) in [5, 5.41) is 56.0. The van der Waals surface area contributed by atoms with E-state index >= 15 is 0 Å². The number of methoxy groups -OCH3 is 1. The zero-order valence-corrected chi connectivity index (χ0v) is 37.7. The number of rotatable bonds is 10. The number of likely N-dealkylation sites (N-methyl/N-ethyl adjacent to an activating group) is 2. The molecule has 59 heavy (non-hydrogen) atoms. The second-order valence-corrected chi connectivity index (χ2v) is 18.7. The van der Waals surface area contributed by atoms with Gasteiger partial charge in [-0.25, -0.2) is 0 Å². The maximum Gasteiger partial charge on any atom is 0.311 e. The highest BCUT2D eigenvalue weighted by Gasteiger charge is 2.52. The topological polar surface area (TPSA) is 217 Å². The monoisotopic (exact) mass is 839 g/mol. The minimum absolute atomic E-state index is 0.164. The van der Waals surface area contributed by atoms with Crippen molar-refractivity contribution in [1.29, 1.82) is 0 Å². The van der Waals surface area contributed by atoms with Gasteiger partial charge in [0.2, 0.25) is 0 Å². The quantitative estimate of drug-likeness (QED) is 0.164. The summed E-state index contributed by atoms with van der Waals surface area (Å²) in [7, 11) is 11.0. The Morgan fingerprint density at radius 3 is 2.32 bits per heavy atom. The van der Waals surface area contributed by atoms with Gasteiger partial charge >= 0.3 is 5.97 Å². The first-order valence-electron chi connectivity index (χ1n) is 21.4. The molecule has 17 nitrogen and oxygen atoms in total. The minimum atomic E-state index is -1.81. The second-order valence-electron chi connectivity index (χ2n) is 18.7. The molecule has 0 amide bonds. The van der Waals surface area contributed by atoms with Gasteiger partial charge in [-0.05, 0) is 87.7 Å². The number of hydrogen-bond donors (Lipinski definition) is 5. The molecule has 0 aliphatic carbocycles. The van der Waals surface area contributed by atoms with Gasteiger partial charge in [0.05, 0.1) is 53.3 Å². The van der Waals surface area contributed by atoms with Crippen LogP contribution < -0.4 is 5.73 Å². The van der Waals surface area contributed by atoms with Crippen molar-refractivity contribution in [2.45, 2.75) is 192 Å². The lowest BCUT2D eigenvalue weighted by atomic mass is 9.77. The highest BCUT2D eigenvalue weighted by molar-refractivity contribution is 6.05. The Labute approximate surface area is 352 Å². The van der Waals surface area contributed by atoms with Crippen molar-refractivity contribution in [2.24, 2.45) is 23.5 Å². The smallest absolute Gasteiger partial charge is 0.311 e. The molecule has 2 unspecified atom stereocenters. The second kappa shape index (κ2) is 20.1. The van der Waals surface area contributed by atoms with Crippen LogP contribution in [0.3, 0.4) is 0 Å². The highest BCUT2D eigenvalue weighted by Crippen LogP contribution is 2.40. The Balaban J connectivity index is 1.77. The molecule has 6 N–H and O–H groups in total. The summed E-state index contributed by atoms with van der Waals surface area (Å²) < 4.78 is 39.5. The number of hydrogen-bond acceptors (Lipinski definition) is 16. The van der Waals surface area contributed by atoms with Gasteiger partial charge < -0.3 is 69.0 Å². The SMILES string of the molecule is [B]n1cc(CCN(C)[C@H]2CC(C)O[C@H](O[C@@H]3[C@@H](C)[C@H](O[C@H]4C[C@@](C)(OC)[C@@H](N)[C@@H](C)O4)[C@@H](C)C(=O)O[C@H](CC)[C@@](C)(O)C(O)[C@H](C)N(C)C[C@H](C)C[C@@]3(C)O)[C@@H]2O)nn1. The summed E-state index contributed by atoms with van der Waals surface area (Å²) in [5.74, 6) is -2.62. The fourth-order valence-electron chi connectivity index (χ4n) is 9.59. The molecule has 1 aromatic rings. The number of nitrogens with two attached hydrogens (primary N) is 1. The maximum absolute atomic E-state index is 14.4. The Bertz CT molecular complexity index is 1490. The number of esters is 1. The summed E-state index contributed by atoms with van der Waals surface area (Å²) in [4.78, 5) is 18.3. The third kappa shape index (κ3) is 11.6. The molecule has 18 heteroatoms. The van der Waals surface area contributed by atoms with Crippen molar-refractivity contribution in [3.8, 4) is 0 Å². The molecular weight excluding hydrogens is 763 g/mol. The molecule has 2 radical (unpaired) electrons. The lowest BCUT2D eigenvalue weighted by Crippen LogP contribution is -2.62. The van der Waals surface area contributed by atoms with Crippen molar-refractivity contribution < 1.29 is 53.6 Å². The maximum atomic E-state index is 14.4. The molecule has 3 saturated heterocycles. The first-order valence-corrected chi connectivity index (χ1v) is 21.4. The lowest BCUT2D eigenvalue weighted by Gasteiger charge is -2.49. The zero-order chi connectivity index (χ0) is 44.4. The molecule has 0 saturated carbocycles. The van der Waals surface area contributed by atoms with E-state index in [0.717, 1.165) is 4.59 Å². The van der Waals surface area contributed by atoms with Crippen LogP contribution in [0.1, 0.15) is 101 Å². The van der Waals surface area contributed by atoms with Gasteiger partial charge in [-0.2, -0.15) is 0 Å². The number of carbonyl (C=O) groups is 1. The lowest BCUT2D eigenvalue weighted by molar-refractivity contribution is -0.311. The van der Waals surface area contributed by atoms with E-state index in [4.69, 9.17) is 42.1 Å². The van der Waals surface area contributed by atoms with Gasteiger partial charge in [-0.1, -0.05) is 26.0 Å². The number of carbonyl (C=O) groups excluding carboxylic acids is 1. The Morgan fingerprint density at radius 1 is 1.07 bits per heavy atom. The van der Waals surface area contributed by atoms with Crippen molar-refractivity contribution in [2.75, 3.05) is 34.3 Å². The van der Waals surface area contributed by atoms with Crippen LogP contribution in [0.4, 0.5) is 0 Å². The van der Waals surface area contributed by atoms with Gasteiger partial charge in [-0.15, -0.1) is 5.10 Å². The van der Waals surface area contributed by atoms with Gasteiger partial charge in [0, 0.05) is 57.2 Å². The van der Waals surface area contributed by atoms with Crippen LogP contribution in [0, 0.1) is 17.8 Å². The molecular formula is C41H75BN6O11. The van der Waals surface area contributed by atoms with E-state index in [0.29, 0.717) is 31.6 Å². The molecule has 0 bridgehead atoms. The van der Waals surface area contributed by atoms with Crippen molar-refractivity contribution in [1.82, 2.24) is 24.7 Å². The summed E-state index contributed by atoms with van der Waals surface area (Å²) in [6, 6.07) is -1.40. The van der Waals surface area contributed by atoms with Crippen LogP contribution >= 0.6 is 0 Å². The average molecular weight is 839 g/mol. The van der Waals surface area contributed by atoms with E-state index < -0.39 is 95.9 Å². The first kappa shape index (κ1) is 49.8. The van der Waals surface area contributed by atoms with Crippen LogP contribution in [0.15, 0.2) is 6.20 Å². The molecule has 3 aliphatic heterocycles. The number of aliphatic hydroxyl groups is 4. The number of aliphatic hydroxyl groups excluding tert-OH is 2.